The lowest BCUT2D eigenvalue weighted by Crippen LogP contribution is -2.49. The van der Waals surface area contributed by atoms with Crippen LogP contribution in [-0.2, 0) is 0 Å². The molecule has 1 atom stereocenters. The molecule has 3 N–H and O–H groups in total. The minimum Gasteiger partial charge on any atom is -0.390 e. The Balaban J connectivity index is 1.46. The number of rotatable bonds is 5. The molecule has 2 rings (SSSR count). The summed E-state index contributed by atoms with van der Waals surface area (Å²) in [6, 6.07) is 0.693. The van der Waals surface area contributed by atoms with Crippen LogP contribution >= 0.6 is 0 Å². The van der Waals surface area contributed by atoms with Crippen LogP contribution in [0.5, 0.6) is 0 Å². The van der Waals surface area contributed by atoms with E-state index in [1.54, 1.807) is 0 Å². The largest absolute Gasteiger partial charge is 0.390 e. The van der Waals surface area contributed by atoms with Crippen LogP contribution < -0.4 is 10.6 Å². The van der Waals surface area contributed by atoms with Crippen molar-refractivity contribution in [1.82, 2.24) is 10.6 Å². The van der Waals surface area contributed by atoms with E-state index in [2.05, 4.69) is 10.6 Å². The van der Waals surface area contributed by atoms with Crippen molar-refractivity contribution < 1.29 is 5.11 Å². The van der Waals surface area contributed by atoms with Crippen molar-refractivity contribution in [1.29, 1.82) is 0 Å². The molecule has 70 valence electrons. The molecule has 3 nitrogen and oxygen atoms in total. The van der Waals surface area contributed by atoms with Crippen molar-refractivity contribution in [3.63, 3.8) is 0 Å². The van der Waals surface area contributed by atoms with E-state index < -0.39 is 0 Å². The lowest BCUT2D eigenvalue weighted by atomic mass is 10.1. The van der Waals surface area contributed by atoms with Crippen LogP contribution in [0, 0.1) is 0 Å². The van der Waals surface area contributed by atoms with Crippen LogP contribution in [0.1, 0.15) is 25.7 Å². The summed E-state index contributed by atoms with van der Waals surface area (Å²) >= 11 is 0. The van der Waals surface area contributed by atoms with E-state index in [1.165, 1.54) is 13.0 Å². The van der Waals surface area contributed by atoms with E-state index in [1.807, 2.05) is 0 Å². The topological polar surface area (TPSA) is 44.3 Å². The van der Waals surface area contributed by atoms with Crippen molar-refractivity contribution in [2.45, 2.75) is 37.3 Å². The summed E-state index contributed by atoms with van der Waals surface area (Å²) in [6.45, 7) is 3.21. The normalized spacial score (nSPS) is 31.2. The van der Waals surface area contributed by atoms with Gasteiger partial charge in [0.1, 0.15) is 0 Å². The number of hydrogen-bond acceptors (Lipinski definition) is 3. The second-order valence-electron chi connectivity index (χ2n) is 4.12. The summed E-state index contributed by atoms with van der Waals surface area (Å²) in [5, 5.41) is 16.2. The van der Waals surface area contributed by atoms with Gasteiger partial charge in [0.05, 0.1) is 5.60 Å². The number of nitrogens with one attached hydrogen (secondary N) is 2. The molecule has 1 saturated carbocycles. The van der Waals surface area contributed by atoms with Gasteiger partial charge in [0.2, 0.25) is 0 Å². The predicted molar refractivity (Wildman–Crippen MR) is 48.1 cm³/mol. The van der Waals surface area contributed by atoms with E-state index in [0.717, 1.165) is 32.4 Å². The first-order valence-electron chi connectivity index (χ1n) is 4.95. The van der Waals surface area contributed by atoms with E-state index in [9.17, 15) is 5.11 Å². The Bertz CT molecular complexity index is 153. The van der Waals surface area contributed by atoms with Gasteiger partial charge >= 0.3 is 0 Å². The summed E-state index contributed by atoms with van der Waals surface area (Å²) in [4.78, 5) is 0. The summed E-state index contributed by atoms with van der Waals surface area (Å²) in [5.74, 6) is 0. The highest BCUT2D eigenvalue weighted by Crippen LogP contribution is 2.37. The molecule has 0 amide bonds. The fourth-order valence-corrected chi connectivity index (χ4v) is 1.51. The molecule has 0 bridgehead atoms. The van der Waals surface area contributed by atoms with Crippen LogP contribution in [0.25, 0.3) is 0 Å². The first-order chi connectivity index (χ1) is 5.79. The monoisotopic (exact) mass is 170 g/mol. The molecular formula is C9H18N2O. The first-order valence-corrected chi connectivity index (χ1v) is 4.95. The van der Waals surface area contributed by atoms with Crippen LogP contribution in [0.2, 0.25) is 0 Å². The van der Waals surface area contributed by atoms with Gasteiger partial charge in [-0.3, -0.25) is 0 Å². The fraction of sp³-hybridized carbons (Fsp3) is 1.00. The van der Waals surface area contributed by atoms with E-state index >= 15 is 0 Å². The zero-order chi connectivity index (χ0) is 8.44. The second-order valence-corrected chi connectivity index (χ2v) is 4.12. The highest BCUT2D eigenvalue weighted by molar-refractivity contribution is 4.93. The lowest BCUT2D eigenvalue weighted by molar-refractivity contribution is 0.139. The summed E-state index contributed by atoms with van der Waals surface area (Å²) in [5.41, 5.74) is -0.278. The predicted octanol–water partition coefficient (Wildman–Crippen LogP) is -0.147. The maximum atomic E-state index is 9.51. The third-order valence-corrected chi connectivity index (χ3v) is 2.91. The maximum absolute atomic E-state index is 9.51. The van der Waals surface area contributed by atoms with E-state index in [4.69, 9.17) is 0 Å². The molecule has 0 aromatic heterocycles. The quantitative estimate of drug-likeness (QED) is 0.503. The fourth-order valence-electron chi connectivity index (χ4n) is 1.51. The average Bonchev–Trinajstić information content (AvgIpc) is 2.65. The van der Waals surface area contributed by atoms with Gasteiger partial charge in [0.25, 0.3) is 0 Å². The Kier molecular flexibility index (Phi) is 2.35. The molecule has 3 heteroatoms. The zero-order valence-corrected chi connectivity index (χ0v) is 7.47. The third kappa shape index (κ3) is 2.19. The van der Waals surface area contributed by atoms with E-state index in [0.29, 0.717) is 6.04 Å². The molecule has 0 radical (unpaired) electrons. The SMILES string of the molecule is OC1(CCNCC2CCN2)CC1. The van der Waals surface area contributed by atoms with Crippen molar-refractivity contribution in [3.05, 3.63) is 0 Å². The van der Waals surface area contributed by atoms with Crippen LogP contribution in [0.15, 0.2) is 0 Å². The Morgan fingerprint density at radius 2 is 2.25 bits per heavy atom. The molecule has 0 aromatic rings. The van der Waals surface area contributed by atoms with Crippen LogP contribution in [-0.4, -0.2) is 36.4 Å². The third-order valence-electron chi connectivity index (χ3n) is 2.91. The molecule has 1 aliphatic heterocycles. The maximum Gasteiger partial charge on any atom is 0.0662 e. The molecule has 1 aliphatic carbocycles. The van der Waals surface area contributed by atoms with Gasteiger partial charge in [-0.25, -0.2) is 0 Å². The molecule has 1 heterocycles. The second kappa shape index (κ2) is 3.32. The molecular weight excluding hydrogens is 152 g/mol. The highest BCUT2D eigenvalue weighted by Gasteiger charge is 2.39. The molecule has 12 heavy (non-hydrogen) atoms. The Hall–Kier alpha value is -0.120. The van der Waals surface area contributed by atoms with Crippen LogP contribution in [0.4, 0.5) is 0 Å². The molecule has 2 aliphatic rings. The molecule has 0 aromatic carbocycles. The van der Waals surface area contributed by atoms with Crippen molar-refractivity contribution >= 4 is 0 Å². The van der Waals surface area contributed by atoms with Crippen molar-refractivity contribution in [3.8, 4) is 0 Å². The summed E-state index contributed by atoms with van der Waals surface area (Å²) in [7, 11) is 0. The molecule has 1 unspecified atom stereocenters. The van der Waals surface area contributed by atoms with Gasteiger partial charge < -0.3 is 15.7 Å². The Labute approximate surface area is 73.5 Å². The smallest absolute Gasteiger partial charge is 0.0662 e. The van der Waals surface area contributed by atoms with Gasteiger partial charge in [-0.1, -0.05) is 0 Å². The summed E-state index contributed by atoms with van der Waals surface area (Å²) in [6.07, 6.45) is 4.25. The Morgan fingerprint density at radius 3 is 2.75 bits per heavy atom. The zero-order valence-electron chi connectivity index (χ0n) is 7.47. The highest BCUT2D eigenvalue weighted by atomic mass is 16.3. The van der Waals surface area contributed by atoms with Crippen LogP contribution in [0.3, 0.4) is 0 Å². The molecule has 2 fully saturated rings. The minimum absolute atomic E-state index is 0.278. The van der Waals surface area contributed by atoms with Gasteiger partial charge in [-0.05, 0) is 38.8 Å². The van der Waals surface area contributed by atoms with E-state index in [-0.39, 0.29) is 5.60 Å². The van der Waals surface area contributed by atoms with Crippen molar-refractivity contribution in [2.75, 3.05) is 19.6 Å². The molecule has 0 spiro atoms. The van der Waals surface area contributed by atoms with Gasteiger partial charge in [-0.2, -0.15) is 0 Å². The molecule has 1 saturated heterocycles. The van der Waals surface area contributed by atoms with Gasteiger partial charge in [0.15, 0.2) is 0 Å². The Morgan fingerprint density at radius 1 is 1.50 bits per heavy atom. The van der Waals surface area contributed by atoms with Gasteiger partial charge in [-0.15, -0.1) is 0 Å². The minimum atomic E-state index is -0.278. The first kappa shape index (κ1) is 8.48. The number of aliphatic hydroxyl groups is 1. The summed E-state index contributed by atoms with van der Waals surface area (Å²) < 4.78 is 0. The average molecular weight is 170 g/mol. The van der Waals surface area contributed by atoms with Gasteiger partial charge in [0, 0.05) is 12.6 Å². The standard InChI is InChI=1S/C9H18N2O/c12-9(2-3-9)4-6-10-7-8-1-5-11-8/h8,10-12H,1-7H2. The number of hydrogen-bond donors (Lipinski definition) is 3. The van der Waals surface area contributed by atoms with Crippen molar-refractivity contribution in [2.24, 2.45) is 0 Å². The lowest BCUT2D eigenvalue weighted by Gasteiger charge is -2.27.